The highest BCUT2D eigenvalue weighted by molar-refractivity contribution is 5.33. The predicted molar refractivity (Wildman–Crippen MR) is 88.5 cm³/mol. The van der Waals surface area contributed by atoms with E-state index in [1.807, 2.05) is 18.2 Å². The van der Waals surface area contributed by atoms with E-state index in [0.29, 0.717) is 12.0 Å². The van der Waals surface area contributed by atoms with Crippen molar-refractivity contribution < 1.29 is 4.74 Å². The van der Waals surface area contributed by atoms with E-state index < -0.39 is 0 Å². The van der Waals surface area contributed by atoms with E-state index in [0.717, 1.165) is 18.9 Å². The summed E-state index contributed by atoms with van der Waals surface area (Å²) in [4.78, 5) is 0. The molecule has 21 heavy (non-hydrogen) atoms. The standard InChI is InChI=1S/C19H25NO/c1-15(2)14-21-19-12-8-7-11-18(19)13-20-16(3)17-9-5-4-6-10-17/h4-12,15-16,20H,13-14H2,1-3H3. The smallest absolute Gasteiger partial charge is 0.123 e. The minimum absolute atomic E-state index is 0.323. The summed E-state index contributed by atoms with van der Waals surface area (Å²) < 4.78 is 5.90. The lowest BCUT2D eigenvalue weighted by atomic mass is 10.1. The zero-order valence-electron chi connectivity index (χ0n) is 13.2. The van der Waals surface area contributed by atoms with Gasteiger partial charge in [0.2, 0.25) is 0 Å². The number of ether oxygens (including phenoxy) is 1. The molecule has 112 valence electrons. The largest absolute Gasteiger partial charge is 0.493 e. The van der Waals surface area contributed by atoms with Crippen LogP contribution in [0.1, 0.15) is 37.9 Å². The van der Waals surface area contributed by atoms with Crippen LogP contribution in [-0.4, -0.2) is 6.61 Å². The maximum Gasteiger partial charge on any atom is 0.123 e. The normalized spacial score (nSPS) is 12.4. The molecule has 0 aliphatic rings. The molecule has 0 saturated carbocycles. The molecule has 0 amide bonds. The van der Waals surface area contributed by atoms with Crippen LogP contribution in [0.5, 0.6) is 5.75 Å². The van der Waals surface area contributed by atoms with Crippen LogP contribution < -0.4 is 10.1 Å². The minimum Gasteiger partial charge on any atom is -0.493 e. The van der Waals surface area contributed by atoms with Crippen LogP contribution in [-0.2, 0) is 6.54 Å². The molecule has 2 heteroatoms. The van der Waals surface area contributed by atoms with Crippen molar-refractivity contribution in [3.05, 3.63) is 65.7 Å². The van der Waals surface area contributed by atoms with Gasteiger partial charge >= 0.3 is 0 Å². The van der Waals surface area contributed by atoms with Gasteiger partial charge in [-0.2, -0.15) is 0 Å². The van der Waals surface area contributed by atoms with Crippen molar-refractivity contribution >= 4 is 0 Å². The van der Waals surface area contributed by atoms with Crippen LogP contribution in [0.3, 0.4) is 0 Å². The zero-order valence-corrected chi connectivity index (χ0v) is 13.2. The Balaban J connectivity index is 1.96. The third-order valence-electron chi connectivity index (χ3n) is 3.44. The predicted octanol–water partition coefficient (Wildman–Crippen LogP) is 4.57. The Hall–Kier alpha value is -1.80. The van der Waals surface area contributed by atoms with Crippen molar-refractivity contribution in [2.24, 2.45) is 5.92 Å². The number of para-hydroxylation sites is 1. The van der Waals surface area contributed by atoms with Crippen molar-refractivity contribution in [2.75, 3.05) is 6.61 Å². The second-order valence-corrected chi connectivity index (χ2v) is 5.83. The van der Waals surface area contributed by atoms with Crippen molar-refractivity contribution in [3.63, 3.8) is 0 Å². The summed E-state index contributed by atoms with van der Waals surface area (Å²) in [6.07, 6.45) is 0. The van der Waals surface area contributed by atoms with Crippen LogP contribution >= 0.6 is 0 Å². The Morgan fingerprint density at radius 3 is 2.29 bits per heavy atom. The highest BCUT2D eigenvalue weighted by Gasteiger charge is 2.07. The van der Waals surface area contributed by atoms with Crippen LogP contribution in [0.15, 0.2) is 54.6 Å². The zero-order chi connectivity index (χ0) is 15.1. The minimum atomic E-state index is 0.323. The number of hydrogen-bond acceptors (Lipinski definition) is 2. The lowest BCUT2D eigenvalue weighted by molar-refractivity contribution is 0.268. The molecular weight excluding hydrogens is 258 g/mol. The lowest BCUT2D eigenvalue weighted by Gasteiger charge is -2.17. The molecule has 2 rings (SSSR count). The third kappa shape index (κ3) is 4.91. The van der Waals surface area contributed by atoms with E-state index in [4.69, 9.17) is 4.74 Å². The maximum atomic E-state index is 5.90. The van der Waals surface area contributed by atoms with Gasteiger partial charge in [-0.05, 0) is 24.5 Å². The highest BCUT2D eigenvalue weighted by atomic mass is 16.5. The number of hydrogen-bond donors (Lipinski definition) is 1. The molecule has 2 aromatic carbocycles. The van der Waals surface area contributed by atoms with Gasteiger partial charge in [-0.25, -0.2) is 0 Å². The van der Waals surface area contributed by atoms with Crippen LogP contribution in [0.4, 0.5) is 0 Å². The molecule has 1 N–H and O–H groups in total. The Morgan fingerprint density at radius 1 is 0.905 bits per heavy atom. The molecule has 0 aromatic heterocycles. The Bertz CT molecular complexity index is 536. The first-order valence-corrected chi connectivity index (χ1v) is 7.66. The highest BCUT2D eigenvalue weighted by Crippen LogP contribution is 2.20. The monoisotopic (exact) mass is 283 g/mol. The number of rotatable bonds is 7. The van der Waals surface area contributed by atoms with Crippen molar-refractivity contribution in [3.8, 4) is 5.75 Å². The van der Waals surface area contributed by atoms with Crippen LogP contribution in [0.2, 0.25) is 0 Å². The molecule has 0 aliphatic heterocycles. The van der Waals surface area contributed by atoms with Gasteiger partial charge in [-0.3, -0.25) is 0 Å². The summed E-state index contributed by atoms with van der Waals surface area (Å²) in [5.74, 6) is 1.52. The molecule has 2 nitrogen and oxygen atoms in total. The van der Waals surface area contributed by atoms with Crippen molar-refractivity contribution in [1.29, 1.82) is 0 Å². The lowest BCUT2D eigenvalue weighted by Crippen LogP contribution is -2.18. The van der Waals surface area contributed by atoms with E-state index in [1.54, 1.807) is 0 Å². The number of nitrogens with one attached hydrogen (secondary N) is 1. The first-order chi connectivity index (χ1) is 10.2. The van der Waals surface area contributed by atoms with E-state index in [9.17, 15) is 0 Å². The Kier molecular flexibility index (Phi) is 5.82. The molecule has 0 spiro atoms. The molecule has 2 aromatic rings. The average Bonchev–Trinajstić information content (AvgIpc) is 2.52. The van der Waals surface area contributed by atoms with E-state index in [1.165, 1.54) is 11.1 Å². The van der Waals surface area contributed by atoms with Crippen LogP contribution in [0, 0.1) is 5.92 Å². The molecule has 0 radical (unpaired) electrons. The molecule has 0 bridgehead atoms. The van der Waals surface area contributed by atoms with Crippen molar-refractivity contribution in [2.45, 2.75) is 33.4 Å². The second kappa shape index (κ2) is 7.84. The molecule has 1 atom stereocenters. The van der Waals surface area contributed by atoms with Crippen molar-refractivity contribution in [1.82, 2.24) is 5.32 Å². The van der Waals surface area contributed by atoms with Gasteiger partial charge in [0.15, 0.2) is 0 Å². The second-order valence-electron chi connectivity index (χ2n) is 5.83. The summed E-state index contributed by atoms with van der Waals surface area (Å²) in [5, 5.41) is 3.56. The van der Waals surface area contributed by atoms with E-state index in [-0.39, 0.29) is 0 Å². The fourth-order valence-corrected chi connectivity index (χ4v) is 2.17. The fourth-order valence-electron chi connectivity index (χ4n) is 2.17. The molecule has 1 unspecified atom stereocenters. The fraction of sp³-hybridized carbons (Fsp3) is 0.368. The first kappa shape index (κ1) is 15.6. The molecule has 0 aliphatic carbocycles. The molecular formula is C19H25NO. The topological polar surface area (TPSA) is 21.3 Å². The molecule has 0 fully saturated rings. The maximum absolute atomic E-state index is 5.90. The van der Waals surface area contributed by atoms with E-state index >= 15 is 0 Å². The summed E-state index contributed by atoms with van der Waals surface area (Å²) in [5.41, 5.74) is 2.51. The van der Waals surface area contributed by atoms with Gasteiger partial charge in [-0.15, -0.1) is 0 Å². The van der Waals surface area contributed by atoms with Gasteiger partial charge in [0.05, 0.1) is 6.61 Å². The average molecular weight is 283 g/mol. The van der Waals surface area contributed by atoms with Gasteiger partial charge in [0.1, 0.15) is 5.75 Å². The van der Waals surface area contributed by atoms with Gasteiger partial charge < -0.3 is 10.1 Å². The van der Waals surface area contributed by atoms with Gasteiger partial charge in [0, 0.05) is 18.2 Å². The first-order valence-electron chi connectivity index (χ1n) is 7.66. The quantitative estimate of drug-likeness (QED) is 0.803. The summed E-state index contributed by atoms with van der Waals surface area (Å²) in [7, 11) is 0. The van der Waals surface area contributed by atoms with Gasteiger partial charge in [0.25, 0.3) is 0 Å². The third-order valence-corrected chi connectivity index (χ3v) is 3.44. The summed E-state index contributed by atoms with van der Waals surface area (Å²) >= 11 is 0. The summed E-state index contributed by atoms with van der Waals surface area (Å²) in [6.45, 7) is 8.08. The Morgan fingerprint density at radius 2 is 1.57 bits per heavy atom. The SMILES string of the molecule is CC(C)COc1ccccc1CNC(C)c1ccccc1. The van der Waals surface area contributed by atoms with E-state index in [2.05, 4.69) is 62.5 Å². The summed E-state index contributed by atoms with van der Waals surface area (Å²) in [6, 6.07) is 19.1. The number of benzene rings is 2. The van der Waals surface area contributed by atoms with Crippen LogP contribution in [0.25, 0.3) is 0 Å². The van der Waals surface area contributed by atoms with Gasteiger partial charge in [-0.1, -0.05) is 62.4 Å². The molecule has 0 saturated heterocycles. The molecule has 0 heterocycles. The Labute approximate surface area is 128 Å².